The van der Waals surface area contributed by atoms with Gasteiger partial charge in [0.05, 0.1) is 26.5 Å². The van der Waals surface area contributed by atoms with E-state index in [0.717, 1.165) is 0 Å². The van der Waals surface area contributed by atoms with Gasteiger partial charge in [0.15, 0.2) is 4.87 Å². The second-order valence-electron chi connectivity index (χ2n) is 8.21. The lowest BCUT2D eigenvalue weighted by Gasteiger charge is -2.33. The van der Waals surface area contributed by atoms with Crippen molar-refractivity contribution in [2.75, 3.05) is 36.7 Å². The van der Waals surface area contributed by atoms with Gasteiger partial charge in [0, 0.05) is 29.6 Å². The van der Waals surface area contributed by atoms with Crippen molar-refractivity contribution >= 4 is 35.1 Å². The molecule has 0 aliphatic carbocycles. The number of urea groups is 1. The molecule has 0 saturated carbocycles. The summed E-state index contributed by atoms with van der Waals surface area (Å²) in [6.45, 7) is 0.570. The Hall–Kier alpha value is -3.72. The smallest absolute Gasteiger partial charge is 0.323 e. The van der Waals surface area contributed by atoms with Crippen molar-refractivity contribution in [2.24, 2.45) is 0 Å². The molecule has 2 aliphatic rings. The molecule has 0 unspecified atom stereocenters. The first kappa shape index (κ1) is 23.0. The number of benzene rings is 3. The summed E-state index contributed by atoms with van der Waals surface area (Å²) < 4.78 is 24.6. The molecule has 9 heteroatoms. The Bertz CT molecular complexity index is 1300. The van der Waals surface area contributed by atoms with Gasteiger partial charge >= 0.3 is 6.03 Å². The average molecular weight is 494 g/mol. The fraction of sp³-hybridized carbons (Fsp3) is 0.231. The molecule has 1 saturated heterocycles. The van der Waals surface area contributed by atoms with Gasteiger partial charge in [-0.2, -0.15) is 0 Å². The third-order valence-corrected chi connectivity index (χ3v) is 7.62. The van der Waals surface area contributed by atoms with Gasteiger partial charge in [0.2, 0.25) is 0 Å². The normalized spacial score (nSPS) is 18.7. The van der Waals surface area contributed by atoms with Gasteiger partial charge in [-0.3, -0.25) is 9.69 Å². The molecule has 2 heterocycles. The molecule has 180 valence electrons. The van der Waals surface area contributed by atoms with E-state index in [1.54, 1.807) is 66.5 Å². The van der Waals surface area contributed by atoms with E-state index in [1.807, 2.05) is 12.1 Å². The summed E-state index contributed by atoms with van der Waals surface area (Å²) in [6.07, 6.45) is 0. The van der Waals surface area contributed by atoms with Gasteiger partial charge in [-0.1, -0.05) is 18.2 Å². The molecule has 1 N–H and O–H groups in total. The number of carbonyl (C=O) groups is 2. The third-order valence-electron chi connectivity index (χ3n) is 6.20. The van der Waals surface area contributed by atoms with Crippen LogP contribution in [-0.2, 0) is 16.2 Å². The zero-order valence-corrected chi connectivity index (χ0v) is 20.1. The molecule has 5 rings (SSSR count). The number of amides is 3. The maximum atomic E-state index is 14.1. The van der Waals surface area contributed by atoms with Crippen molar-refractivity contribution in [1.29, 1.82) is 0 Å². The number of anilines is 2. The van der Waals surface area contributed by atoms with Crippen LogP contribution in [0.4, 0.5) is 20.6 Å². The Labute approximate surface area is 206 Å². The van der Waals surface area contributed by atoms with Gasteiger partial charge in [0.25, 0.3) is 5.91 Å². The number of halogens is 1. The van der Waals surface area contributed by atoms with E-state index < -0.39 is 10.9 Å². The third kappa shape index (κ3) is 3.95. The van der Waals surface area contributed by atoms with Crippen molar-refractivity contribution in [3.8, 4) is 11.5 Å². The van der Waals surface area contributed by atoms with Crippen molar-refractivity contribution in [3.63, 3.8) is 0 Å². The zero-order valence-electron chi connectivity index (χ0n) is 19.3. The summed E-state index contributed by atoms with van der Waals surface area (Å²) in [4.78, 5) is 29.5. The SMILES string of the molecule is COc1cccc(NC(=O)N2CCS[C@@]23C(=O)N(Cc2cccc(F)c2)c2ccc(OC)cc23)c1. The van der Waals surface area contributed by atoms with Crippen LogP contribution in [-0.4, -0.2) is 43.4 Å². The summed E-state index contributed by atoms with van der Waals surface area (Å²) in [5.41, 5.74) is 2.58. The van der Waals surface area contributed by atoms with Crippen molar-refractivity contribution in [3.05, 3.63) is 83.7 Å². The Balaban J connectivity index is 1.53. The van der Waals surface area contributed by atoms with Crippen LogP contribution in [0.3, 0.4) is 0 Å². The van der Waals surface area contributed by atoms with Crippen LogP contribution in [0.1, 0.15) is 11.1 Å². The zero-order chi connectivity index (χ0) is 24.6. The van der Waals surface area contributed by atoms with Crippen LogP contribution in [0, 0.1) is 5.82 Å². The number of carbonyl (C=O) groups excluding carboxylic acids is 2. The van der Waals surface area contributed by atoms with Gasteiger partial charge in [-0.15, -0.1) is 11.8 Å². The van der Waals surface area contributed by atoms with Gasteiger partial charge in [-0.05, 0) is 48.0 Å². The van der Waals surface area contributed by atoms with E-state index in [2.05, 4.69) is 5.32 Å². The number of hydrogen-bond donors (Lipinski definition) is 1. The van der Waals surface area contributed by atoms with Gasteiger partial charge < -0.3 is 19.7 Å². The maximum absolute atomic E-state index is 14.1. The summed E-state index contributed by atoms with van der Waals surface area (Å²) >= 11 is 1.41. The van der Waals surface area contributed by atoms with Crippen LogP contribution in [0.5, 0.6) is 11.5 Å². The Morgan fingerprint density at radius 1 is 1.06 bits per heavy atom. The predicted molar refractivity (Wildman–Crippen MR) is 133 cm³/mol. The highest BCUT2D eigenvalue weighted by atomic mass is 32.2. The van der Waals surface area contributed by atoms with Gasteiger partial charge in [0.1, 0.15) is 17.3 Å². The minimum absolute atomic E-state index is 0.184. The van der Waals surface area contributed by atoms with Crippen LogP contribution in [0.25, 0.3) is 0 Å². The molecule has 3 amide bonds. The van der Waals surface area contributed by atoms with Crippen LogP contribution >= 0.6 is 11.8 Å². The molecular weight excluding hydrogens is 469 g/mol. The molecule has 0 radical (unpaired) electrons. The largest absolute Gasteiger partial charge is 0.497 e. The van der Waals surface area contributed by atoms with E-state index >= 15 is 0 Å². The van der Waals surface area contributed by atoms with Crippen molar-refractivity contribution < 1.29 is 23.5 Å². The first-order chi connectivity index (χ1) is 17.0. The lowest BCUT2D eigenvalue weighted by Crippen LogP contribution is -2.51. The highest BCUT2D eigenvalue weighted by Crippen LogP contribution is 2.55. The molecule has 0 bridgehead atoms. The number of nitrogens with zero attached hydrogens (tertiary/aromatic N) is 2. The minimum Gasteiger partial charge on any atom is -0.497 e. The van der Waals surface area contributed by atoms with Crippen molar-refractivity contribution in [2.45, 2.75) is 11.4 Å². The molecule has 2 aliphatic heterocycles. The number of ether oxygens (including phenoxy) is 2. The summed E-state index contributed by atoms with van der Waals surface area (Å²) in [7, 11) is 3.12. The lowest BCUT2D eigenvalue weighted by atomic mass is 10.1. The molecule has 3 aromatic rings. The highest BCUT2D eigenvalue weighted by molar-refractivity contribution is 8.01. The monoisotopic (exact) mass is 493 g/mol. The molecule has 1 spiro atoms. The number of rotatable bonds is 5. The number of nitrogens with one attached hydrogen (secondary N) is 1. The molecule has 1 atom stereocenters. The summed E-state index contributed by atoms with van der Waals surface area (Å²) in [6, 6.07) is 18.2. The molecule has 0 aromatic heterocycles. The van der Waals surface area contributed by atoms with E-state index in [9.17, 15) is 14.0 Å². The highest BCUT2D eigenvalue weighted by Gasteiger charge is 2.59. The van der Waals surface area contributed by atoms with Crippen LogP contribution in [0.2, 0.25) is 0 Å². The average Bonchev–Trinajstić information content (AvgIpc) is 3.41. The standard InChI is InChI=1S/C26H24FN3O4S/c1-33-20-8-4-7-19(14-20)28-25(32)30-11-12-35-26(30)22-15-21(34-2)9-10-23(22)29(24(26)31)16-17-5-3-6-18(27)13-17/h3-10,13-15H,11-12,16H2,1-2H3,(H,28,32)/t26-/m0/s1. The minimum atomic E-state index is -1.25. The predicted octanol–water partition coefficient (Wildman–Crippen LogP) is 4.82. The molecule has 35 heavy (non-hydrogen) atoms. The second-order valence-corrected chi connectivity index (χ2v) is 9.50. The molecule has 3 aromatic carbocycles. The van der Waals surface area contributed by atoms with E-state index in [0.29, 0.717) is 46.3 Å². The van der Waals surface area contributed by atoms with Crippen LogP contribution < -0.4 is 19.7 Å². The van der Waals surface area contributed by atoms with E-state index in [4.69, 9.17) is 9.47 Å². The quantitative estimate of drug-likeness (QED) is 0.552. The summed E-state index contributed by atoms with van der Waals surface area (Å²) in [5, 5.41) is 2.90. The first-order valence-corrected chi connectivity index (χ1v) is 12.1. The number of fused-ring (bicyclic) bond motifs is 2. The van der Waals surface area contributed by atoms with Gasteiger partial charge in [-0.25, -0.2) is 9.18 Å². The Morgan fingerprint density at radius 3 is 2.60 bits per heavy atom. The topological polar surface area (TPSA) is 71.1 Å². The Morgan fingerprint density at radius 2 is 1.83 bits per heavy atom. The first-order valence-electron chi connectivity index (χ1n) is 11.1. The molecule has 1 fully saturated rings. The molecule has 7 nitrogen and oxygen atoms in total. The summed E-state index contributed by atoms with van der Waals surface area (Å²) in [5.74, 6) is 1.18. The van der Waals surface area contributed by atoms with E-state index in [1.165, 1.54) is 23.9 Å². The fourth-order valence-electron chi connectivity index (χ4n) is 4.59. The number of hydrogen-bond acceptors (Lipinski definition) is 5. The number of methoxy groups -OCH3 is 2. The Kier molecular flexibility index (Phi) is 6.02. The fourth-order valence-corrected chi connectivity index (χ4v) is 6.04. The van der Waals surface area contributed by atoms with Crippen molar-refractivity contribution in [1.82, 2.24) is 4.90 Å². The van der Waals surface area contributed by atoms with Crippen LogP contribution in [0.15, 0.2) is 66.7 Å². The maximum Gasteiger partial charge on any atom is 0.323 e. The number of thioether (sulfide) groups is 1. The molecular formula is C26H24FN3O4S. The second kappa shape index (κ2) is 9.14. The lowest BCUT2D eigenvalue weighted by molar-refractivity contribution is -0.123. The van der Waals surface area contributed by atoms with E-state index in [-0.39, 0.29) is 18.3 Å².